The Morgan fingerprint density at radius 3 is 3.00 bits per heavy atom. The maximum Gasteiger partial charge on any atom is 0.267 e. The Bertz CT molecular complexity index is 304. The quantitative estimate of drug-likeness (QED) is 0.645. The van der Waals surface area contributed by atoms with Crippen molar-refractivity contribution in [2.24, 2.45) is 0 Å². The maximum atomic E-state index is 11.5. The van der Waals surface area contributed by atoms with E-state index in [1.54, 1.807) is 12.0 Å². The van der Waals surface area contributed by atoms with E-state index in [9.17, 15) is 4.79 Å². The van der Waals surface area contributed by atoms with Crippen molar-refractivity contribution in [2.75, 3.05) is 20.2 Å². The SMILES string of the molecule is COc1ccsc1C(=O)N1CC1. The molecule has 1 aliphatic heterocycles. The number of carbonyl (C=O) groups is 1. The molecule has 3 nitrogen and oxygen atoms in total. The molecule has 0 aromatic carbocycles. The molecule has 0 spiro atoms. The topological polar surface area (TPSA) is 29.3 Å². The fraction of sp³-hybridized carbons (Fsp3) is 0.375. The lowest BCUT2D eigenvalue weighted by Crippen LogP contribution is -2.09. The fourth-order valence-electron chi connectivity index (χ4n) is 1.01. The van der Waals surface area contributed by atoms with Crippen molar-refractivity contribution in [1.82, 2.24) is 4.90 Å². The number of hydrogen-bond donors (Lipinski definition) is 0. The summed E-state index contributed by atoms with van der Waals surface area (Å²) in [6, 6.07) is 1.82. The monoisotopic (exact) mass is 183 g/mol. The predicted octanol–water partition coefficient (Wildman–Crippen LogP) is 1.21. The van der Waals surface area contributed by atoms with Crippen LogP contribution < -0.4 is 4.74 Å². The molecule has 0 N–H and O–H groups in total. The minimum absolute atomic E-state index is 0.0989. The van der Waals surface area contributed by atoms with Gasteiger partial charge in [0.15, 0.2) is 0 Å². The Labute approximate surface area is 74.6 Å². The molecular weight excluding hydrogens is 174 g/mol. The van der Waals surface area contributed by atoms with Crippen molar-refractivity contribution in [3.63, 3.8) is 0 Å². The largest absolute Gasteiger partial charge is 0.495 e. The van der Waals surface area contributed by atoms with Gasteiger partial charge in [-0.2, -0.15) is 0 Å². The van der Waals surface area contributed by atoms with Gasteiger partial charge in [0, 0.05) is 13.1 Å². The molecule has 0 saturated carbocycles. The van der Waals surface area contributed by atoms with Crippen LogP contribution >= 0.6 is 11.3 Å². The third-order valence-corrected chi connectivity index (χ3v) is 2.66. The minimum Gasteiger partial charge on any atom is -0.495 e. The van der Waals surface area contributed by atoms with Crippen LogP contribution in [0.4, 0.5) is 0 Å². The van der Waals surface area contributed by atoms with E-state index in [1.807, 2.05) is 11.4 Å². The average molecular weight is 183 g/mol. The van der Waals surface area contributed by atoms with E-state index >= 15 is 0 Å². The molecule has 1 aromatic heterocycles. The van der Waals surface area contributed by atoms with Crippen molar-refractivity contribution in [2.45, 2.75) is 0 Å². The lowest BCUT2D eigenvalue weighted by Gasteiger charge is -2.01. The number of ether oxygens (including phenoxy) is 1. The van der Waals surface area contributed by atoms with Gasteiger partial charge in [-0.15, -0.1) is 11.3 Å². The van der Waals surface area contributed by atoms with Crippen LogP contribution in [0.3, 0.4) is 0 Å². The summed E-state index contributed by atoms with van der Waals surface area (Å²) in [6.45, 7) is 1.78. The van der Waals surface area contributed by atoms with E-state index < -0.39 is 0 Å². The van der Waals surface area contributed by atoms with Crippen LogP contribution in [-0.2, 0) is 0 Å². The lowest BCUT2D eigenvalue weighted by atomic mass is 10.4. The van der Waals surface area contributed by atoms with Crippen LogP contribution in [0, 0.1) is 0 Å². The molecule has 1 aliphatic rings. The van der Waals surface area contributed by atoms with Crippen LogP contribution in [0.1, 0.15) is 9.67 Å². The Kier molecular flexibility index (Phi) is 1.77. The molecule has 12 heavy (non-hydrogen) atoms. The van der Waals surface area contributed by atoms with E-state index in [1.165, 1.54) is 11.3 Å². The van der Waals surface area contributed by atoms with Gasteiger partial charge in [-0.3, -0.25) is 4.79 Å². The third kappa shape index (κ3) is 1.18. The molecule has 0 aliphatic carbocycles. The summed E-state index contributed by atoms with van der Waals surface area (Å²) in [5.74, 6) is 0.791. The number of rotatable bonds is 2. The molecule has 64 valence electrons. The Morgan fingerprint density at radius 2 is 2.42 bits per heavy atom. The molecule has 1 fully saturated rings. The van der Waals surface area contributed by atoms with Gasteiger partial charge in [-0.25, -0.2) is 0 Å². The van der Waals surface area contributed by atoms with E-state index in [0.717, 1.165) is 18.0 Å². The molecule has 0 radical (unpaired) electrons. The number of amides is 1. The fourth-order valence-corrected chi connectivity index (χ4v) is 1.84. The highest BCUT2D eigenvalue weighted by atomic mass is 32.1. The molecule has 4 heteroatoms. The molecular formula is C8H9NO2S. The molecule has 1 amide bonds. The molecule has 2 rings (SSSR count). The first-order valence-electron chi connectivity index (χ1n) is 3.73. The second-order valence-corrected chi connectivity index (χ2v) is 3.53. The summed E-state index contributed by atoms with van der Waals surface area (Å²) < 4.78 is 5.05. The van der Waals surface area contributed by atoms with Gasteiger partial charge in [-0.05, 0) is 11.4 Å². The standard InChI is InChI=1S/C8H9NO2S/c1-11-6-2-5-12-7(6)8(10)9-3-4-9/h2,5H,3-4H2,1H3. The summed E-state index contributed by atoms with van der Waals surface area (Å²) in [5, 5.41) is 1.87. The maximum absolute atomic E-state index is 11.5. The number of methoxy groups -OCH3 is 1. The highest BCUT2D eigenvalue weighted by Gasteiger charge is 2.28. The Balaban J connectivity index is 2.25. The van der Waals surface area contributed by atoms with Crippen molar-refractivity contribution in [1.29, 1.82) is 0 Å². The summed E-state index contributed by atoms with van der Waals surface area (Å²) >= 11 is 1.43. The summed E-state index contributed by atoms with van der Waals surface area (Å²) in [5.41, 5.74) is 0. The summed E-state index contributed by atoms with van der Waals surface area (Å²) in [4.78, 5) is 14.0. The number of carbonyl (C=O) groups excluding carboxylic acids is 1. The normalized spacial score (nSPS) is 14.6. The van der Waals surface area contributed by atoms with E-state index in [2.05, 4.69) is 0 Å². The van der Waals surface area contributed by atoms with Crippen LogP contribution in [0.5, 0.6) is 5.75 Å². The van der Waals surface area contributed by atoms with Gasteiger partial charge in [0.25, 0.3) is 5.91 Å². The van der Waals surface area contributed by atoms with E-state index in [4.69, 9.17) is 4.74 Å². The molecule has 1 saturated heterocycles. The van der Waals surface area contributed by atoms with Gasteiger partial charge in [0.1, 0.15) is 10.6 Å². The van der Waals surface area contributed by atoms with Crippen LogP contribution in [-0.4, -0.2) is 31.0 Å². The molecule has 2 heterocycles. The third-order valence-electron chi connectivity index (χ3n) is 1.78. The molecule has 0 bridgehead atoms. The van der Waals surface area contributed by atoms with E-state index in [0.29, 0.717) is 5.75 Å². The second kappa shape index (κ2) is 2.79. The average Bonchev–Trinajstić information content (AvgIpc) is 2.82. The zero-order chi connectivity index (χ0) is 8.55. The van der Waals surface area contributed by atoms with Crippen LogP contribution in [0.25, 0.3) is 0 Å². The zero-order valence-corrected chi connectivity index (χ0v) is 7.56. The van der Waals surface area contributed by atoms with Gasteiger partial charge in [0.05, 0.1) is 7.11 Å². The first-order chi connectivity index (χ1) is 5.83. The lowest BCUT2D eigenvalue weighted by molar-refractivity contribution is 0.0887. The first-order valence-corrected chi connectivity index (χ1v) is 4.61. The van der Waals surface area contributed by atoms with Gasteiger partial charge >= 0.3 is 0 Å². The predicted molar refractivity (Wildman–Crippen MR) is 46.8 cm³/mol. The van der Waals surface area contributed by atoms with Crippen LogP contribution in [0.2, 0.25) is 0 Å². The van der Waals surface area contributed by atoms with Crippen molar-refractivity contribution >= 4 is 17.2 Å². The van der Waals surface area contributed by atoms with E-state index in [-0.39, 0.29) is 5.91 Å². The Morgan fingerprint density at radius 1 is 1.67 bits per heavy atom. The van der Waals surface area contributed by atoms with Crippen LogP contribution in [0.15, 0.2) is 11.4 Å². The number of hydrogen-bond acceptors (Lipinski definition) is 3. The Hall–Kier alpha value is -1.03. The molecule has 0 atom stereocenters. The van der Waals surface area contributed by atoms with Crippen molar-refractivity contribution < 1.29 is 9.53 Å². The highest BCUT2D eigenvalue weighted by molar-refractivity contribution is 7.12. The molecule has 1 aromatic rings. The highest BCUT2D eigenvalue weighted by Crippen LogP contribution is 2.27. The van der Waals surface area contributed by atoms with Gasteiger partial charge in [-0.1, -0.05) is 0 Å². The van der Waals surface area contributed by atoms with Crippen molar-refractivity contribution in [3.05, 3.63) is 16.3 Å². The van der Waals surface area contributed by atoms with Crippen molar-refractivity contribution in [3.8, 4) is 5.75 Å². The number of nitrogens with zero attached hydrogens (tertiary/aromatic N) is 1. The first kappa shape index (κ1) is 7.61. The minimum atomic E-state index is 0.0989. The number of thiophene rings is 1. The molecule has 0 unspecified atom stereocenters. The smallest absolute Gasteiger partial charge is 0.267 e. The van der Waals surface area contributed by atoms with Gasteiger partial charge in [0.2, 0.25) is 0 Å². The van der Waals surface area contributed by atoms with Gasteiger partial charge < -0.3 is 9.64 Å². The summed E-state index contributed by atoms with van der Waals surface area (Å²) in [7, 11) is 1.58. The second-order valence-electron chi connectivity index (χ2n) is 2.61. The summed E-state index contributed by atoms with van der Waals surface area (Å²) in [6.07, 6.45) is 0. The zero-order valence-electron chi connectivity index (χ0n) is 6.74.